The Kier molecular flexibility index (Phi) is 5.53. The number of nitrogens with zero attached hydrogens (tertiary/aromatic N) is 2. The van der Waals surface area contributed by atoms with E-state index >= 15 is 0 Å². The largest absolute Gasteiger partial charge is 0.493 e. The van der Waals surface area contributed by atoms with E-state index in [2.05, 4.69) is 4.98 Å². The molecule has 1 aromatic heterocycles. The van der Waals surface area contributed by atoms with Crippen molar-refractivity contribution in [1.29, 1.82) is 5.26 Å². The molecule has 0 spiro atoms. The Morgan fingerprint density at radius 2 is 2.12 bits per heavy atom. The van der Waals surface area contributed by atoms with Crippen molar-refractivity contribution in [3.8, 4) is 17.6 Å². The molecule has 0 aliphatic carbocycles. The number of fused-ring (bicyclic) bond motifs is 1. The van der Waals surface area contributed by atoms with E-state index in [0.717, 1.165) is 15.2 Å². The topological polar surface area (TPSA) is 72.2 Å². The lowest BCUT2D eigenvalue weighted by atomic mass is 10.2. The quantitative estimate of drug-likeness (QED) is 0.482. The van der Waals surface area contributed by atoms with Crippen LogP contribution < -0.4 is 9.47 Å². The van der Waals surface area contributed by atoms with Gasteiger partial charge in [0, 0.05) is 11.8 Å². The second-order valence-electron chi connectivity index (χ2n) is 5.02. The van der Waals surface area contributed by atoms with Crippen LogP contribution in [0.5, 0.6) is 11.5 Å². The molecule has 0 amide bonds. The van der Waals surface area contributed by atoms with Crippen LogP contribution in [-0.4, -0.2) is 23.8 Å². The van der Waals surface area contributed by atoms with Crippen molar-refractivity contribution in [2.75, 3.05) is 12.9 Å². The lowest BCUT2D eigenvalue weighted by Crippen LogP contribution is -2.11. The summed E-state index contributed by atoms with van der Waals surface area (Å²) in [5, 5.41) is 9.87. The standard InChI is InChI=1S/C18H14N2O3S2/c1-22-15-8-12(9-19)6-7-14(15)23-18(21)11-24-10-17-20-13-4-2-3-5-16(13)25-17/h2-8H,10-11H2,1H3. The second-order valence-corrected chi connectivity index (χ2v) is 7.12. The highest BCUT2D eigenvalue weighted by molar-refractivity contribution is 7.99. The Morgan fingerprint density at radius 1 is 1.28 bits per heavy atom. The third-order valence-corrected chi connectivity index (χ3v) is 5.44. The third-order valence-electron chi connectivity index (χ3n) is 3.30. The van der Waals surface area contributed by atoms with E-state index in [1.54, 1.807) is 23.5 Å². The molecule has 0 saturated heterocycles. The molecule has 0 aliphatic heterocycles. The zero-order chi connectivity index (χ0) is 17.6. The minimum atomic E-state index is -0.367. The minimum Gasteiger partial charge on any atom is -0.493 e. The van der Waals surface area contributed by atoms with E-state index in [1.807, 2.05) is 30.3 Å². The van der Waals surface area contributed by atoms with Crippen molar-refractivity contribution in [2.24, 2.45) is 0 Å². The molecule has 25 heavy (non-hydrogen) atoms. The number of benzene rings is 2. The summed E-state index contributed by atoms with van der Waals surface area (Å²) in [5.74, 6) is 1.17. The van der Waals surface area contributed by atoms with Crippen molar-refractivity contribution in [3.05, 3.63) is 53.0 Å². The summed E-state index contributed by atoms with van der Waals surface area (Å²) in [5.41, 5.74) is 1.43. The van der Waals surface area contributed by atoms with E-state index in [4.69, 9.17) is 14.7 Å². The van der Waals surface area contributed by atoms with Gasteiger partial charge in [-0.2, -0.15) is 5.26 Å². The van der Waals surface area contributed by atoms with Crippen LogP contribution in [0.25, 0.3) is 10.2 Å². The highest BCUT2D eigenvalue weighted by atomic mass is 32.2. The van der Waals surface area contributed by atoms with Gasteiger partial charge in [-0.15, -0.1) is 23.1 Å². The van der Waals surface area contributed by atoms with Gasteiger partial charge in [-0.05, 0) is 24.3 Å². The molecule has 0 bridgehead atoms. The Labute approximate surface area is 153 Å². The highest BCUT2D eigenvalue weighted by Gasteiger charge is 2.12. The number of esters is 1. The van der Waals surface area contributed by atoms with Gasteiger partial charge in [0.15, 0.2) is 11.5 Å². The number of carbonyl (C=O) groups is 1. The van der Waals surface area contributed by atoms with Gasteiger partial charge in [-0.25, -0.2) is 4.98 Å². The number of nitriles is 1. The maximum absolute atomic E-state index is 12.0. The third kappa shape index (κ3) is 4.29. The van der Waals surface area contributed by atoms with Crippen molar-refractivity contribution in [3.63, 3.8) is 0 Å². The van der Waals surface area contributed by atoms with E-state index in [-0.39, 0.29) is 11.7 Å². The zero-order valence-electron chi connectivity index (χ0n) is 13.4. The highest BCUT2D eigenvalue weighted by Crippen LogP contribution is 2.29. The van der Waals surface area contributed by atoms with Crippen molar-refractivity contribution in [1.82, 2.24) is 4.98 Å². The fourth-order valence-corrected chi connectivity index (χ4v) is 3.99. The second kappa shape index (κ2) is 8.01. The smallest absolute Gasteiger partial charge is 0.321 e. The first-order valence-corrected chi connectivity index (χ1v) is 9.37. The minimum absolute atomic E-state index is 0.207. The van der Waals surface area contributed by atoms with Crippen LogP contribution in [0.15, 0.2) is 42.5 Å². The Bertz CT molecular complexity index is 914. The van der Waals surface area contributed by atoms with Crippen LogP contribution in [0.1, 0.15) is 10.6 Å². The van der Waals surface area contributed by atoms with Crippen LogP contribution in [-0.2, 0) is 10.5 Å². The van der Waals surface area contributed by atoms with E-state index < -0.39 is 0 Å². The SMILES string of the molecule is COc1cc(C#N)ccc1OC(=O)CSCc1nc2ccccc2s1. The predicted molar refractivity (Wildman–Crippen MR) is 99.1 cm³/mol. The molecule has 0 aliphatic rings. The summed E-state index contributed by atoms with van der Waals surface area (Å²) in [4.78, 5) is 16.6. The van der Waals surface area contributed by atoms with Crippen LogP contribution >= 0.6 is 23.1 Å². The number of carbonyl (C=O) groups excluding carboxylic acids is 1. The normalized spacial score (nSPS) is 10.4. The maximum atomic E-state index is 12.0. The summed E-state index contributed by atoms with van der Waals surface area (Å²) in [7, 11) is 1.47. The summed E-state index contributed by atoms with van der Waals surface area (Å²) >= 11 is 3.08. The zero-order valence-corrected chi connectivity index (χ0v) is 15.0. The van der Waals surface area contributed by atoms with Gasteiger partial charge in [0.05, 0.1) is 34.7 Å². The number of hydrogen-bond acceptors (Lipinski definition) is 7. The van der Waals surface area contributed by atoms with Gasteiger partial charge < -0.3 is 9.47 Å². The number of methoxy groups -OCH3 is 1. The molecule has 0 atom stereocenters. The van der Waals surface area contributed by atoms with Gasteiger partial charge in [-0.1, -0.05) is 12.1 Å². The van der Waals surface area contributed by atoms with E-state index in [9.17, 15) is 4.79 Å². The summed E-state index contributed by atoms with van der Waals surface area (Å²) in [6, 6.07) is 14.7. The summed E-state index contributed by atoms with van der Waals surface area (Å²) in [6.45, 7) is 0. The molecule has 126 valence electrons. The molecule has 2 aromatic carbocycles. The van der Waals surface area contributed by atoms with Gasteiger partial charge in [0.25, 0.3) is 0 Å². The molecule has 0 fully saturated rings. The Balaban J connectivity index is 1.55. The van der Waals surface area contributed by atoms with Crippen LogP contribution in [0.3, 0.4) is 0 Å². The van der Waals surface area contributed by atoms with Crippen molar-refractivity contribution in [2.45, 2.75) is 5.75 Å². The van der Waals surface area contributed by atoms with Gasteiger partial charge >= 0.3 is 5.97 Å². The van der Waals surface area contributed by atoms with E-state index in [1.165, 1.54) is 24.9 Å². The van der Waals surface area contributed by atoms with Gasteiger partial charge in [0.2, 0.25) is 0 Å². The molecule has 5 nitrogen and oxygen atoms in total. The van der Waals surface area contributed by atoms with Crippen molar-refractivity contribution >= 4 is 39.3 Å². The van der Waals surface area contributed by atoms with Crippen LogP contribution in [0.2, 0.25) is 0 Å². The van der Waals surface area contributed by atoms with Crippen LogP contribution in [0.4, 0.5) is 0 Å². The Morgan fingerprint density at radius 3 is 2.88 bits per heavy atom. The fourth-order valence-electron chi connectivity index (χ4n) is 2.18. The molecule has 3 aromatic rings. The molecule has 0 unspecified atom stereocenters. The predicted octanol–water partition coefficient (Wildman–Crippen LogP) is 4.02. The Hall–Kier alpha value is -2.56. The van der Waals surface area contributed by atoms with Gasteiger partial charge in [-0.3, -0.25) is 4.79 Å². The molecule has 1 heterocycles. The molecular formula is C18H14N2O3S2. The van der Waals surface area contributed by atoms with E-state index in [0.29, 0.717) is 22.8 Å². The van der Waals surface area contributed by atoms with Gasteiger partial charge in [0.1, 0.15) is 5.01 Å². The van der Waals surface area contributed by atoms with Crippen LogP contribution in [0, 0.1) is 11.3 Å². The number of aromatic nitrogens is 1. The molecular weight excluding hydrogens is 356 g/mol. The molecule has 0 N–H and O–H groups in total. The summed E-state index contributed by atoms with van der Waals surface area (Å²) < 4.78 is 11.6. The lowest BCUT2D eigenvalue weighted by Gasteiger charge is -2.09. The average Bonchev–Trinajstić information content (AvgIpc) is 3.04. The number of rotatable bonds is 6. The number of para-hydroxylation sites is 1. The maximum Gasteiger partial charge on any atom is 0.321 e. The number of ether oxygens (including phenoxy) is 2. The lowest BCUT2D eigenvalue weighted by molar-refractivity contribution is -0.131. The molecule has 3 rings (SSSR count). The number of hydrogen-bond donors (Lipinski definition) is 0. The first kappa shape index (κ1) is 17.3. The molecule has 7 heteroatoms. The summed E-state index contributed by atoms with van der Waals surface area (Å²) in [6.07, 6.45) is 0. The first-order chi connectivity index (χ1) is 12.2. The monoisotopic (exact) mass is 370 g/mol. The fraction of sp³-hybridized carbons (Fsp3) is 0.167. The van der Waals surface area contributed by atoms with Crippen molar-refractivity contribution < 1.29 is 14.3 Å². The number of thiazole rings is 1. The number of thioether (sulfide) groups is 1. The molecule has 0 saturated carbocycles. The average molecular weight is 370 g/mol. The first-order valence-electron chi connectivity index (χ1n) is 7.40. The molecule has 0 radical (unpaired) electrons.